The zero-order valence-electron chi connectivity index (χ0n) is 55.8. The molecule has 0 radical (unpaired) electrons. The van der Waals surface area contributed by atoms with Crippen molar-refractivity contribution in [3.05, 3.63) is 24.3 Å². The number of ether oxygens (including phenoxy) is 1. The topological polar surface area (TPSA) is 95.9 Å². The molecule has 0 bridgehead atoms. The Bertz CT molecular complexity index is 1280. The summed E-state index contributed by atoms with van der Waals surface area (Å²) in [7, 11) is 0. The van der Waals surface area contributed by atoms with Gasteiger partial charge in [-0.15, -0.1) is 0 Å². The molecule has 0 aromatic rings. The predicted molar refractivity (Wildman–Crippen MR) is 361 cm³/mol. The normalized spacial score (nSPS) is 12.6. The number of carbonyl (C=O) groups excluding carboxylic acids is 2. The van der Waals surface area contributed by atoms with Crippen LogP contribution < -0.4 is 5.32 Å². The van der Waals surface area contributed by atoms with Crippen LogP contribution >= 0.6 is 0 Å². The van der Waals surface area contributed by atoms with Gasteiger partial charge in [-0.25, -0.2) is 0 Å². The fraction of sp³-hybridized carbons (Fsp3) is 0.921. The van der Waals surface area contributed by atoms with E-state index in [4.69, 9.17) is 4.74 Å². The first kappa shape index (κ1) is 80.3. The number of amides is 1. The minimum absolute atomic E-state index is 0.0166. The highest BCUT2D eigenvalue weighted by atomic mass is 16.5. The molecule has 2 atom stereocenters. The number of unbranched alkanes of at least 4 members (excludes halogenated alkanes) is 58. The summed E-state index contributed by atoms with van der Waals surface area (Å²) in [4.78, 5) is 24.6. The largest absolute Gasteiger partial charge is 0.466 e. The summed E-state index contributed by atoms with van der Waals surface area (Å²) < 4.78 is 5.50. The lowest BCUT2D eigenvalue weighted by atomic mass is 10.0. The molecule has 2 unspecified atom stereocenters. The van der Waals surface area contributed by atoms with E-state index in [-0.39, 0.29) is 18.5 Å². The minimum atomic E-state index is -0.849. The molecule has 0 aliphatic carbocycles. The van der Waals surface area contributed by atoms with Gasteiger partial charge in [-0.1, -0.05) is 378 Å². The van der Waals surface area contributed by atoms with Crippen molar-refractivity contribution >= 4 is 11.9 Å². The molecule has 6 nitrogen and oxygen atoms in total. The van der Waals surface area contributed by atoms with Crippen LogP contribution in [0.3, 0.4) is 0 Å². The summed E-state index contributed by atoms with van der Waals surface area (Å²) in [6, 6.07) is -0.633. The predicted octanol–water partition coefficient (Wildman–Crippen LogP) is 24.5. The highest BCUT2D eigenvalue weighted by Gasteiger charge is 2.18. The third-order valence-electron chi connectivity index (χ3n) is 17.7. The molecule has 0 saturated heterocycles. The number of rotatable bonds is 71. The van der Waals surface area contributed by atoms with E-state index in [9.17, 15) is 19.8 Å². The van der Waals surface area contributed by atoms with Gasteiger partial charge < -0.3 is 20.3 Å². The van der Waals surface area contributed by atoms with Crippen molar-refractivity contribution in [1.29, 1.82) is 0 Å². The second-order valence-electron chi connectivity index (χ2n) is 26.0. The van der Waals surface area contributed by atoms with Crippen LogP contribution in [0.2, 0.25) is 0 Å². The molecule has 3 N–H and O–H groups in total. The highest BCUT2D eigenvalue weighted by Crippen LogP contribution is 2.19. The molecule has 0 fully saturated rings. The summed E-state index contributed by atoms with van der Waals surface area (Å²) in [6.45, 7) is 4.95. The molecular weight excluding hydrogens is 1010 g/mol. The maximum Gasteiger partial charge on any atom is 0.305 e. The van der Waals surface area contributed by atoms with Crippen LogP contribution in [0.1, 0.15) is 425 Å². The lowest BCUT2D eigenvalue weighted by Crippen LogP contribution is -2.45. The Morgan fingerprint density at radius 3 is 0.866 bits per heavy atom. The van der Waals surface area contributed by atoms with E-state index >= 15 is 0 Å². The number of aliphatic hydroxyl groups is 2. The SMILES string of the molecule is CCCCCCCCCCCCCCCCCCCCCCCCC/C=C/C(O)C(CO)NC(=O)CCCCCCCCCC/C=C\CCCCCCCCCCCCCCOC(=O)CCCCCCCCCCCCCCCCCC. The van der Waals surface area contributed by atoms with Gasteiger partial charge in [0.05, 0.1) is 25.4 Å². The van der Waals surface area contributed by atoms with Crippen molar-refractivity contribution in [2.24, 2.45) is 0 Å². The zero-order chi connectivity index (χ0) is 59.2. The first-order valence-electron chi connectivity index (χ1n) is 37.6. The van der Waals surface area contributed by atoms with Crippen LogP contribution in [0.4, 0.5) is 0 Å². The average Bonchev–Trinajstić information content (AvgIpc) is 3.48. The Labute approximate surface area is 513 Å². The molecule has 0 saturated carbocycles. The number of hydrogen-bond acceptors (Lipinski definition) is 5. The Balaban J connectivity index is 3.42. The quantitative estimate of drug-likeness (QED) is 0.0320. The van der Waals surface area contributed by atoms with Crippen LogP contribution in [0.15, 0.2) is 24.3 Å². The van der Waals surface area contributed by atoms with Gasteiger partial charge >= 0.3 is 5.97 Å². The molecule has 0 aromatic carbocycles. The lowest BCUT2D eigenvalue weighted by Gasteiger charge is -2.20. The Hall–Kier alpha value is -1.66. The monoisotopic (exact) mass is 1150 g/mol. The van der Waals surface area contributed by atoms with E-state index in [0.29, 0.717) is 19.4 Å². The molecule has 0 heterocycles. The standard InChI is InChI=1S/C76H147NO5/c1-3-5-7-9-11-13-15-17-19-21-22-23-24-25-28-31-34-37-40-44-48-52-56-60-64-68-74(79)73(72-78)77-75(80)69-65-61-57-53-49-45-41-38-35-32-29-26-27-30-33-36-39-43-47-51-55-59-63-67-71-82-76(81)70-66-62-58-54-50-46-42-20-18-16-14-12-10-8-6-4-2/h29,32,64,68,73-74,78-79H,3-28,30-31,33-63,65-67,69-72H2,1-2H3,(H,77,80)/b32-29-,68-64+. The van der Waals surface area contributed by atoms with Crippen molar-refractivity contribution in [1.82, 2.24) is 5.32 Å². The first-order valence-corrected chi connectivity index (χ1v) is 37.6. The summed E-state index contributed by atoms with van der Waals surface area (Å²) in [6.07, 6.45) is 91.3. The van der Waals surface area contributed by atoms with Crippen LogP contribution in [0.25, 0.3) is 0 Å². The number of nitrogens with one attached hydrogen (secondary N) is 1. The number of allylic oxidation sites excluding steroid dienone is 3. The van der Waals surface area contributed by atoms with Gasteiger partial charge in [-0.05, 0) is 57.8 Å². The van der Waals surface area contributed by atoms with E-state index in [0.717, 1.165) is 38.5 Å². The summed E-state index contributed by atoms with van der Waals surface area (Å²) >= 11 is 0. The molecule has 0 aliphatic rings. The molecule has 0 aromatic heterocycles. The first-order chi connectivity index (χ1) is 40.5. The molecule has 82 heavy (non-hydrogen) atoms. The molecule has 486 valence electrons. The van der Waals surface area contributed by atoms with Gasteiger partial charge in [0.2, 0.25) is 5.91 Å². The summed E-state index contributed by atoms with van der Waals surface area (Å²) in [5.41, 5.74) is 0. The van der Waals surface area contributed by atoms with Gasteiger partial charge in [0.15, 0.2) is 0 Å². The number of hydrogen-bond donors (Lipinski definition) is 3. The van der Waals surface area contributed by atoms with E-state index in [1.165, 1.54) is 360 Å². The molecule has 1 amide bonds. The fourth-order valence-electron chi connectivity index (χ4n) is 12.0. The Kier molecular flexibility index (Phi) is 70.4. The second kappa shape index (κ2) is 71.8. The van der Waals surface area contributed by atoms with E-state index < -0.39 is 12.1 Å². The Morgan fingerprint density at radius 2 is 0.573 bits per heavy atom. The van der Waals surface area contributed by atoms with Crippen molar-refractivity contribution in [2.75, 3.05) is 13.2 Å². The smallest absolute Gasteiger partial charge is 0.305 e. The fourth-order valence-corrected chi connectivity index (χ4v) is 12.0. The van der Waals surface area contributed by atoms with Crippen LogP contribution in [-0.2, 0) is 14.3 Å². The van der Waals surface area contributed by atoms with E-state index in [1.54, 1.807) is 6.08 Å². The zero-order valence-corrected chi connectivity index (χ0v) is 55.8. The maximum atomic E-state index is 12.5. The van der Waals surface area contributed by atoms with Gasteiger partial charge in [0, 0.05) is 12.8 Å². The lowest BCUT2D eigenvalue weighted by molar-refractivity contribution is -0.143. The van der Waals surface area contributed by atoms with Crippen LogP contribution in [0.5, 0.6) is 0 Å². The third kappa shape index (κ3) is 67.5. The Morgan fingerprint density at radius 1 is 0.329 bits per heavy atom. The molecule has 0 aliphatic heterocycles. The van der Waals surface area contributed by atoms with Crippen molar-refractivity contribution in [2.45, 2.75) is 437 Å². The summed E-state index contributed by atoms with van der Waals surface area (Å²) in [5.74, 6) is -0.0510. The maximum absolute atomic E-state index is 12.5. The minimum Gasteiger partial charge on any atom is -0.466 e. The molecule has 6 heteroatoms. The highest BCUT2D eigenvalue weighted by molar-refractivity contribution is 5.76. The van der Waals surface area contributed by atoms with Gasteiger partial charge in [-0.3, -0.25) is 9.59 Å². The van der Waals surface area contributed by atoms with Crippen molar-refractivity contribution < 1.29 is 24.5 Å². The third-order valence-corrected chi connectivity index (χ3v) is 17.7. The average molecular weight is 1160 g/mol. The molecule has 0 spiro atoms. The van der Waals surface area contributed by atoms with Crippen molar-refractivity contribution in [3.63, 3.8) is 0 Å². The van der Waals surface area contributed by atoms with E-state index in [1.807, 2.05) is 6.08 Å². The number of carbonyl (C=O) groups is 2. The van der Waals surface area contributed by atoms with Gasteiger partial charge in [0.1, 0.15) is 0 Å². The van der Waals surface area contributed by atoms with Gasteiger partial charge in [-0.2, -0.15) is 0 Å². The van der Waals surface area contributed by atoms with Crippen LogP contribution in [-0.4, -0.2) is 47.4 Å². The van der Waals surface area contributed by atoms with Gasteiger partial charge in [0.25, 0.3) is 0 Å². The molecule has 0 rings (SSSR count). The second-order valence-corrected chi connectivity index (χ2v) is 26.0. The number of aliphatic hydroxyl groups excluding tert-OH is 2. The molecular formula is C76H147NO5. The van der Waals surface area contributed by atoms with E-state index in [2.05, 4.69) is 31.3 Å². The van der Waals surface area contributed by atoms with Crippen LogP contribution in [0, 0.1) is 0 Å². The number of esters is 1. The summed E-state index contributed by atoms with van der Waals surface area (Å²) in [5, 5.41) is 23.3. The van der Waals surface area contributed by atoms with Crippen molar-refractivity contribution in [3.8, 4) is 0 Å².